The Morgan fingerprint density at radius 2 is 0.696 bits per heavy atom. The lowest BCUT2D eigenvalue weighted by Gasteiger charge is -2.23. The first kappa shape index (κ1) is 42.4. The molecule has 0 bridgehead atoms. The number of carbonyl (C=O) groups is 2. The second-order valence-electron chi connectivity index (χ2n) is 16.1. The third-order valence-electron chi connectivity index (χ3n) is 11.9. The summed E-state index contributed by atoms with van der Waals surface area (Å²) in [5.41, 5.74) is 5.40. The van der Waals surface area contributed by atoms with Gasteiger partial charge in [0.15, 0.2) is 0 Å². The number of halogens is 2. The molecule has 6 rings (SSSR count). The van der Waals surface area contributed by atoms with E-state index in [1.807, 2.05) is 48.5 Å². The van der Waals surface area contributed by atoms with Crippen molar-refractivity contribution < 1.29 is 9.59 Å². The summed E-state index contributed by atoms with van der Waals surface area (Å²) in [7, 11) is 0. The van der Waals surface area contributed by atoms with E-state index in [4.69, 9.17) is 0 Å². The van der Waals surface area contributed by atoms with Gasteiger partial charge in [-0.2, -0.15) is 0 Å². The molecule has 2 heterocycles. The molecule has 0 atom stereocenters. The average molecular weight is 883 g/mol. The van der Waals surface area contributed by atoms with Gasteiger partial charge in [0.25, 0.3) is 11.8 Å². The number of rotatable bonds is 24. The number of anilines is 2. The van der Waals surface area contributed by atoms with Gasteiger partial charge in [-0.3, -0.25) is 9.59 Å². The van der Waals surface area contributed by atoms with Crippen LogP contribution in [0.4, 0.5) is 11.4 Å². The van der Waals surface area contributed by atoms with Crippen molar-refractivity contribution in [3.05, 3.63) is 103 Å². The number of nitrogens with zero attached hydrogens (tertiary/aromatic N) is 2. The van der Waals surface area contributed by atoms with Crippen LogP contribution < -0.4 is 20.2 Å². The number of carbonyl (C=O) groups excluding carboxylic acids is 2. The molecule has 4 aromatic rings. The van der Waals surface area contributed by atoms with E-state index in [1.54, 1.807) is 0 Å². The lowest BCUT2D eigenvalue weighted by atomic mass is 9.99. The molecule has 0 saturated carbocycles. The number of unbranched alkanes of at least 4 members (excludes halogenated alkanes) is 18. The van der Waals surface area contributed by atoms with Gasteiger partial charge in [-0.25, -0.2) is 0 Å². The highest BCUT2D eigenvalue weighted by molar-refractivity contribution is 9.10. The Balaban J connectivity index is 1.30. The Morgan fingerprint density at radius 1 is 0.393 bits per heavy atom. The highest BCUT2D eigenvalue weighted by atomic mass is 79.9. The average Bonchev–Trinajstić information content (AvgIpc) is 3.66. The van der Waals surface area contributed by atoms with E-state index in [0.29, 0.717) is 13.1 Å². The summed E-state index contributed by atoms with van der Waals surface area (Å²) in [6.07, 6.45) is 25.1. The highest BCUT2D eigenvalue weighted by Gasteiger charge is 2.35. The topological polar surface area (TPSA) is 40.6 Å². The monoisotopic (exact) mass is 880 g/mol. The molecule has 4 aromatic carbocycles. The number of amides is 2. The Kier molecular flexibility index (Phi) is 16.3. The lowest BCUT2D eigenvalue weighted by Crippen LogP contribution is -2.30. The van der Waals surface area contributed by atoms with Crippen molar-refractivity contribution in [1.82, 2.24) is 0 Å². The van der Waals surface area contributed by atoms with Crippen LogP contribution >= 0.6 is 31.9 Å². The molecule has 2 amide bonds. The molecule has 0 N–H and O–H groups in total. The van der Waals surface area contributed by atoms with Gasteiger partial charge in [-0.15, -0.1) is 0 Å². The van der Waals surface area contributed by atoms with Crippen molar-refractivity contribution in [3.8, 4) is 0 Å². The van der Waals surface area contributed by atoms with E-state index in [-0.39, 0.29) is 11.8 Å². The van der Waals surface area contributed by atoms with Crippen LogP contribution in [0, 0.1) is 0 Å². The first-order valence-corrected chi connectivity index (χ1v) is 23.5. The van der Waals surface area contributed by atoms with Gasteiger partial charge < -0.3 is 9.80 Å². The minimum absolute atomic E-state index is 0.0756. The van der Waals surface area contributed by atoms with Gasteiger partial charge in [-0.1, -0.05) is 210 Å². The smallest absolute Gasteiger partial charge is 0.259 e. The lowest BCUT2D eigenvalue weighted by molar-refractivity contribution is -0.113. The molecule has 0 aliphatic carbocycles. The van der Waals surface area contributed by atoms with E-state index >= 15 is 0 Å². The summed E-state index contributed by atoms with van der Waals surface area (Å²) >= 11 is 7.17. The van der Waals surface area contributed by atoms with Gasteiger partial charge >= 0.3 is 0 Å². The Bertz CT molecular complexity index is 1910. The molecule has 0 fully saturated rings. The maximum Gasteiger partial charge on any atom is 0.259 e. The normalized spacial score (nSPS) is 13.8. The summed E-state index contributed by atoms with van der Waals surface area (Å²) in [5.74, 6) is 0.151. The zero-order chi connectivity index (χ0) is 39.3. The zero-order valence-electron chi connectivity index (χ0n) is 34.0. The van der Waals surface area contributed by atoms with Gasteiger partial charge in [-0.05, 0) is 48.2 Å². The van der Waals surface area contributed by atoms with Crippen LogP contribution in [0.5, 0.6) is 0 Å². The number of hydrogen-bond donors (Lipinski definition) is 0. The maximum atomic E-state index is 14.5. The second-order valence-corrected chi connectivity index (χ2v) is 17.9. The summed E-state index contributed by atoms with van der Waals surface area (Å²) in [6, 6.07) is 24.9. The van der Waals surface area contributed by atoms with Gasteiger partial charge in [0.05, 0.1) is 22.5 Å². The quantitative estimate of drug-likeness (QED) is 0.0658. The fourth-order valence-electron chi connectivity index (χ4n) is 8.79. The molecule has 56 heavy (non-hydrogen) atoms. The molecule has 0 saturated heterocycles. The van der Waals surface area contributed by atoms with Crippen molar-refractivity contribution in [3.63, 3.8) is 0 Å². The molecule has 0 radical (unpaired) electrons. The van der Waals surface area contributed by atoms with Crippen molar-refractivity contribution in [2.24, 2.45) is 0 Å². The van der Waals surface area contributed by atoms with Gasteiger partial charge in [0.1, 0.15) is 0 Å². The molecule has 0 spiro atoms. The molecule has 2 aliphatic heterocycles. The largest absolute Gasteiger partial charge is 0.307 e. The third-order valence-corrected chi connectivity index (χ3v) is 12.9. The van der Waals surface area contributed by atoms with Crippen molar-refractivity contribution >= 4 is 77.0 Å². The van der Waals surface area contributed by atoms with Gasteiger partial charge in [0.2, 0.25) is 0 Å². The van der Waals surface area contributed by atoms with Gasteiger partial charge in [0, 0.05) is 43.2 Å². The first-order chi connectivity index (χ1) is 27.4. The maximum absolute atomic E-state index is 14.5. The molecular formula is C50H62Br2N2O2. The van der Waals surface area contributed by atoms with Crippen LogP contribution in [-0.2, 0) is 9.59 Å². The highest BCUT2D eigenvalue weighted by Crippen LogP contribution is 2.38. The van der Waals surface area contributed by atoms with Crippen LogP contribution in [0.2, 0.25) is 0 Å². The summed E-state index contributed by atoms with van der Waals surface area (Å²) in [6.45, 7) is 5.92. The Labute approximate surface area is 353 Å². The molecule has 0 unspecified atom stereocenters. The van der Waals surface area contributed by atoms with Crippen molar-refractivity contribution in [1.29, 1.82) is 0 Å². The second kappa shape index (κ2) is 21.5. The minimum Gasteiger partial charge on any atom is -0.307 e. The third kappa shape index (κ3) is 10.3. The van der Waals surface area contributed by atoms with Crippen LogP contribution in [-0.4, -0.2) is 24.9 Å². The van der Waals surface area contributed by atoms with E-state index in [9.17, 15) is 9.59 Å². The summed E-state index contributed by atoms with van der Waals surface area (Å²) in [5, 5.41) is 4.07. The molecule has 298 valence electrons. The van der Waals surface area contributed by atoms with E-state index < -0.39 is 0 Å². The van der Waals surface area contributed by atoms with Crippen LogP contribution in [0.25, 0.3) is 21.9 Å². The SMILES string of the molecule is CCCCCCCCCCCCN1C(=O)C(c2ccc(Br)cc2)=c2ccc3c4c(ccc3c21)=C(c1ccc(Br)cc1)C(=O)N4CCCCCCCCCCCC. The Hall–Kier alpha value is -3.22. The number of hydrogen-bond acceptors (Lipinski definition) is 2. The summed E-state index contributed by atoms with van der Waals surface area (Å²) < 4.78 is 1.99. The van der Waals surface area contributed by atoms with E-state index in [0.717, 1.165) is 89.5 Å². The zero-order valence-corrected chi connectivity index (χ0v) is 37.1. The standard InChI is InChI=1S/C50H62Br2N2O2/c1-3-5-7-9-11-13-15-17-19-21-35-53-47-41-31-34-44-46(38-25-29-40(52)30-26-38)50(56)54(36-22-20-18-16-14-12-10-8-6-4-2)48(44)42(41)32-33-43(47)45(49(53)55)37-23-27-39(51)28-24-37/h23-34H,3-22,35-36H2,1-2H3. The van der Waals surface area contributed by atoms with E-state index in [2.05, 4.69) is 79.8 Å². The molecule has 4 nitrogen and oxygen atoms in total. The number of benzene rings is 4. The van der Waals surface area contributed by atoms with Crippen LogP contribution in [0.1, 0.15) is 153 Å². The van der Waals surface area contributed by atoms with Crippen molar-refractivity contribution in [2.75, 3.05) is 22.9 Å². The van der Waals surface area contributed by atoms with E-state index in [1.165, 1.54) is 103 Å². The Morgan fingerprint density at radius 3 is 1.02 bits per heavy atom. The van der Waals surface area contributed by atoms with Crippen LogP contribution in [0.3, 0.4) is 0 Å². The summed E-state index contributed by atoms with van der Waals surface area (Å²) in [4.78, 5) is 33.1. The first-order valence-electron chi connectivity index (χ1n) is 21.9. The fraction of sp³-hybridized carbons (Fsp3) is 0.480. The predicted molar refractivity (Wildman–Crippen MR) is 245 cm³/mol. The number of fused-ring (bicyclic) bond motifs is 5. The van der Waals surface area contributed by atoms with Crippen LogP contribution in [0.15, 0.2) is 81.7 Å². The molecule has 6 heteroatoms. The molecule has 2 aliphatic rings. The predicted octanol–water partition coefficient (Wildman–Crippen LogP) is 13.3. The fourth-order valence-corrected chi connectivity index (χ4v) is 9.32. The van der Waals surface area contributed by atoms with Crippen molar-refractivity contribution in [2.45, 2.75) is 142 Å². The minimum atomic E-state index is 0.0756. The molecular weight excluding hydrogens is 820 g/mol. The molecule has 0 aromatic heterocycles.